The van der Waals surface area contributed by atoms with Gasteiger partial charge in [-0.1, -0.05) is 55.1 Å². The largest absolute Gasteiger partial charge is 0.324 e. The first-order valence-electron chi connectivity index (χ1n) is 7.90. The molecule has 0 heterocycles. The van der Waals surface area contributed by atoms with Gasteiger partial charge in [0.2, 0.25) is 0 Å². The van der Waals surface area contributed by atoms with Crippen LogP contribution in [0.25, 0.3) is 0 Å². The van der Waals surface area contributed by atoms with Crippen molar-refractivity contribution in [1.82, 2.24) is 4.90 Å². The lowest BCUT2D eigenvalue weighted by Gasteiger charge is -2.28. The van der Waals surface area contributed by atoms with Crippen LogP contribution in [0, 0.1) is 0 Å². The summed E-state index contributed by atoms with van der Waals surface area (Å²) in [5, 5.41) is 1.17. The van der Waals surface area contributed by atoms with E-state index >= 15 is 0 Å². The molecule has 1 aromatic carbocycles. The number of benzene rings is 1. The Labute approximate surface area is 139 Å². The topological polar surface area (TPSA) is 29.3 Å². The summed E-state index contributed by atoms with van der Waals surface area (Å²) in [5.74, 6) is 0. The highest BCUT2D eigenvalue weighted by atomic mass is 35.5. The van der Waals surface area contributed by atoms with Gasteiger partial charge >= 0.3 is 0 Å². The fraction of sp³-hybridized carbons (Fsp3) is 0.647. The molecule has 0 amide bonds. The van der Waals surface area contributed by atoms with Gasteiger partial charge < -0.3 is 10.6 Å². The number of unbranched alkanes of at least 4 members (excludes halogenated alkanes) is 2. The maximum Gasteiger partial charge on any atom is 0.0640 e. The first kappa shape index (κ1) is 18.8. The van der Waals surface area contributed by atoms with Crippen LogP contribution in [0.2, 0.25) is 10.0 Å². The molecule has 0 saturated heterocycles. The van der Waals surface area contributed by atoms with Crippen LogP contribution in [0.1, 0.15) is 58.1 Å². The molecule has 1 atom stereocenters. The van der Waals surface area contributed by atoms with E-state index in [2.05, 4.69) is 25.7 Å². The van der Waals surface area contributed by atoms with E-state index in [1.807, 2.05) is 12.1 Å². The third-order valence-electron chi connectivity index (χ3n) is 3.89. The average Bonchev–Trinajstić information content (AvgIpc) is 2.44. The summed E-state index contributed by atoms with van der Waals surface area (Å²) >= 11 is 12.3. The van der Waals surface area contributed by atoms with Gasteiger partial charge in [-0.05, 0) is 44.9 Å². The van der Waals surface area contributed by atoms with E-state index in [-0.39, 0.29) is 6.04 Å². The monoisotopic (exact) mass is 330 g/mol. The molecule has 0 aromatic heterocycles. The van der Waals surface area contributed by atoms with Gasteiger partial charge in [-0.15, -0.1) is 0 Å². The standard InChI is InChI=1S/C17H28Cl2N2/c1-4-5-6-11-21(13(2)3)12-10-16(20)14-8-7-9-15(18)17(14)19/h7-9,13,16H,4-6,10-12,20H2,1-3H3. The van der Waals surface area contributed by atoms with Gasteiger partial charge in [0.15, 0.2) is 0 Å². The highest BCUT2D eigenvalue weighted by molar-refractivity contribution is 6.42. The number of nitrogens with zero attached hydrogens (tertiary/aromatic N) is 1. The fourth-order valence-electron chi connectivity index (χ4n) is 2.46. The molecule has 0 bridgehead atoms. The highest BCUT2D eigenvalue weighted by Gasteiger charge is 2.15. The van der Waals surface area contributed by atoms with Gasteiger partial charge in [0.1, 0.15) is 0 Å². The van der Waals surface area contributed by atoms with Gasteiger partial charge in [0.25, 0.3) is 0 Å². The van der Waals surface area contributed by atoms with E-state index in [1.165, 1.54) is 19.3 Å². The van der Waals surface area contributed by atoms with Gasteiger partial charge in [0.05, 0.1) is 10.0 Å². The number of hydrogen-bond acceptors (Lipinski definition) is 2. The maximum atomic E-state index is 6.30. The van der Waals surface area contributed by atoms with Crippen molar-refractivity contribution in [2.75, 3.05) is 13.1 Å². The zero-order chi connectivity index (χ0) is 15.8. The molecule has 0 aliphatic heterocycles. The lowest BCUT2D eigenvalue weighted by Crippen LogP contribution is -2.34. The minimum absolute atomic E-state index is 0.0661. The minimum atomic E-state index is -0.0661. The van der Waals surface area contributed by atoms with Crippen molar-refractivity contribution in [3.05, 3.63) is 33.8 Å². The predicted molar refractivity (Wildman–Crippen MR) is 94.2 cm³/mol. The minimum Gasteiger partial charge on any atom is -0.324 e. The molecule has 120 valence electrons. The number of nitrogens with two attached hydrogens (primary N) is 1. The quantitative estimate of drug-likeness (QED) is 0.624. The first-order valence-corrected chi connectivity index (χ1v) is 8.66. The summed E-state index contributed by atoms with van der Waals surface area (Å²) in [5.41, 5.74) is 7.24. The molecule has 0 aliphatic rings. The lowest BCUT2D eigenvalue weighted by molar-refractivity contribution is 0.209. The molecule has 1 rings (SSSR count). The zero-order valence-corrected chi connectivity index (χ0v) is 14.9. The smallest absolute Gasteiger partial charge is 0.0640 e. The zero-order valence-electron chi connectivity index (χ0n) is 13.4. The molecular weight excluding hydrogens is 303 g/mol. The second kappa shape index (κ2) is 9.68. The summed E-state index contributed by atoms with van der Waals surface area (Å²) in [7, 11) is 0. The van der Waals surface area contributed by atoms with Crippen LogP contribution in [0.15, 0.2) is 18.2 Å². The molecule has 2 nitrogen and oxygen atoms in total. The van der Waals surface area contributed by atoms with Crippen LogP contribution in [-0.4, -0.2) is 24.0 Å². The van der Waals surface area contributed by atoms with Gasteiger partial charge in [-0.3, -0.25) is 0 Å². The lowest BCUT2D eigenvalue weighted by atomic mass is 10.0. The SMILES string of the molecule is CCCCCN(CCC(N)c1cccc(Cl)c1Cl)C(C)C. The summed E-state index contributed by atoms with van der Waals surface area (Å²) < 4.78 is 0. The van der Waals surface area contributed by atoms with E-state index in [0.29, 0.717) is 16.1 Å². The van der Waals surface area contributed by atoms with E-state index in [4.69, 9.17) is 28.9 Å². The first-order chi connectivity index (χ1) is 9.97. The second-order valence-corrected chi connectivity index (χ2v) is 6.66. The molecule has 1 aromatic rings. The molecule has 21 heavy (non-hydrogen) atoms. The van der Waals surface area contributed by atoms with Gasteiger partial charge in [0, 0.05) is 18.6 Å². The Morgan fingerprint density at radius 1 is 1.14 bits per heavy atom. The third-order valence-corrected chi connectivity index (χ3v) is 4.72. The molecule has 2 N–H and O–H groups in total. The average molecular weight is 331 g/mol. The maximum absolute atomic E-state index is 6.30. The molecule has 4 heteroatoms. The summed E-state index contributed by atoms with van der Waals surface area (Å²) in [6.45, 7) is 8.84. The van der Waals surface area contributed by atoms with Crippen molar-refractivity contribution in [2.24, 2.45) is 5.73 Å². The van der Waals surface area contributed by atoms with Crippen molar-refractivity contribution in [2.45, 2.75) is 58.5 Å². The Morgan fingerprint density at radius 3 is 2.48 bits per heavy atom. The number of hydrogen-bond donors (Lipinski definition) is 1. The Bertz CT molecular complexity index is 421. The fourth-order valence-corrected chi connectivity index (χ4v) is 2.91. The normalized spacial score (nSPS) is 13.1. The Kier molecular flexibility index (Phi) is 8.65. The molecule has 0 spiro atoms. The summed E-state index contributed by atoms with van der Waals surface area (Å²) in [4.78, 5) is 2.49. The molecule has 0 aliphatic carbocycles. The van der Waals surface area contributed by atoms with Crippen LogP contribution in [0.4, 0.5) is 0 Å². The van der Waals surface area contributed by atoms with Gasteiger partial charge in [-0.2, -0.15) is 0 Å². The summed E-state index contributed by atoms with van der Waals surface area (Å²) in [6.07, 6.45) is 4.69. The molecular formula is C17H28Cl2N2. The van der Waals surface area contributed by atoms with Crippen LogP contribution in [-0.2, 0) is 0 Å². The van der Waals surface area contributed by atoms with Crippen molar-refractivity contribution < 1.29 is 0 Å². The Hall–Kier alpha value is -0.280. The van der Waals surface area contributed by atoms with Gasteiger partial charge in [-0.25, -0.2) is 0 Å². The van der Waals surface area contributed by atoms with E-state index in [9.17, 15) is 0 Å². The van der Waals surface area contributed by atoms with Crippen molar-refractivity contribution >= 4 is 23.2 Å². The second-order valence-electron chi connectivity index (χ2n) is 5.88. The van der Waals surface area contributed by atoms with Crippen molar-refractivity contribution in [1.29, 1.82) is 0 Å². The van der Waals surface area contributed by atoms with E-state index in [0.717, 1.165) is 25.1 Å². The molecule has 0 saturated carbocycles. The number of halogens is 2. The molecule has 0 fully saturated rings. The van der Waals surface area contributed by atoms with E-state index in [1.54, 1.807) is 6.07 Å². The van der Waals surface area contributed by atoms with Crippen LogP contribution in [0.3, 0.4) is 0 Å². The van der Waals surface area contributed by atoms with E-state index < -0.39 is 0 Å². The highest BCUT2D eigenvalue weighted by Crippen LogP contribution is 2.30. The van der Waals surface area contributed by atoms with Crippen LogP contribution < -0.4 is 5.73 Å². The Balaban J connectivity index is 2.56. The molecule has 1 unspecified atom stereocenters. The number of rotatable bonds is 9. The van der Waals surface area contributed by atoms with Crippen molar-refractivity contribution in [3.8, 4) is 0 Å². The third kappa shape index (κ3) is 6.15. The summed E-state index contributed by atoms with van der Waals surface area (Å²) in [6, 6.07) is 6.15. The predicted octanol–water partition coefficient (Wildman–Crippen LogP) is 5.28. The van der Waals surface area contributed by atoms with Crippen LogP contribution in [0.5, 0.6) is 0 Å². The molecule has 0 radical (unpaired) electrons. The van der Waals surface area contributed by atoms with Crippen LogP contribution >= 0.6 is 23.2 Å². The van der Waals surface area contributed by atoms with Crippen molar-refractivity contribution in [3.63, 3.8) is 0 Å². The Morgan fingerprint density at radius 2 is 1.86 bits per heavy atom.